The first-order valence-corrected chi connectivity index (χ1v) is 34.0. The first-order chi connectivity index (χ1) is 37.9. The summed E-state index contributed by atoms with van der Waals surface area (Å²) in [6.07, 6.45) is 60.4. The van der Waals surface area contributed by atoms with Crippen molar-refractivity contribution < 1.29 is 51.2 Å². The van der Waals surface area contributed by atoms with Gasteiger partial charge in [-0.25, -0.2) is 4.79 Å². The number of carbonyl (C=O) groups is 4. The van der Waals surface area contributed by atoms with Gasteiger partial charge in [0, 0.05) is 32.3 Å². The monoisotopic (exact) mass is 1150 g/mol. The quantitative estimate of drug-likeness (QED) is 0.0261. The number of aliphatic hydroxyl groups excluding tert-OH is 1. The van der Waals surface area contributed by atoms with Gasteiger partial charge in [0.15, 0.2) is 11.7 Å². The van der Waals surface area contributed by atoms with E-state index in [1.54, 1.807) is 6.92 Å². The fourth-order valence-electron chi connectivity index (χ4n) is 10.2. The molecule has 79 heavy (non-hydrogen) atoms. The molecule has 0 aromatic carbocycles. The minimum absolute atomic E-state index is 0. The number of carboxylic acid groups (broad SMARTS) is 1. The van der Waals surface area contributed by atoms with Crippen molar-refractivity contribution in [1.29, 1.82) is 0 Å². The van der Waals surface area contributed by atoms with Crippen molar-refractivity contribution in [2.45, 2.75) is 393 Å². The van der Waals surface area contributed by atoms with E-state index in [1.165, 1.54) is 238 Å². The van der Waals surface area contributed by atoms with Gasteiger partial charge in [0.05, 0.1) is 6.10 Å². The Hall–Kier alpha value is -0.940. The molecule has 0 aliphatic rings. The Kier molecular flexibility index (Phi) is 68.9. The molecule has 2 unspecified atom stereocenters. The van der Waals surface area contributed by atoms with Crippen LogP contribution in [0.2, 0.25) is 0 Å². The smallest absolute Gasteiger partial charge is 1.00 e. The number of carboxylic acids is 1. The zero-order valence-electron chi connectivity index (χ0n) is 55.4. The van der Waals surface area contributed by atoms with Crippen LogP contribution in [-0.2, 0) is 38.1 Å². The van der Waals surface area contributed by atoms with Crippen molar-refractivity contribution in [3.63, 3.8) is 0 Å². The number of carbonyl (C=O) groups excluding carboxylic acids is 3. The van der Waals surface area contributed by atoms with Crippen LogP contribution < -0.4 is 0 Å². The van der Waals surface area contributed by atoms with Crippen LogP contribution in [0.3, 0.4) is 0 Å². The zero-order valence-corrected chi connectivity index (χ0v) is 55.6. The molecule has 468 valence electrons. The minimum Gasteiger partial charge on any atom is -1.00 e. The van der Waals surface area contributed by atoms with E-state index in [4.69, 9.17) is 24.1 Å². The number of ether oxygens (including phenoxy) is 4. The fourth-order valence-corrected chi connectivity index (χ4v) is 10.2. The summed E-state index contributed by atoms with van der Waals surface area (Å²) < 4.78 is 22.2. The summed E-state index contributed by atoms with van der Waals surface area (Å²) >= 11 is 0. The Labute approximate surface area is 522 Å². The molecule has 10 nitrogen and oxygen atoms in total. The van der Waals surface area contributed by atoms with Gasteiger partial charge in [-0.1, -0.05) is 310 Å². The van der Waals surface area contributed by atoms with Crippen LogP contribution in [-0.4, -0.2) is 109 Å². The predicted octanol–water partition coefficient (Wildman–Crippen LogP) is 20.4. The third-order valence-electron chi connectivity index (χ3n) is 15.4. The standard InChI is InChI=1S/C57H110O6.C11H22O4.Ca.2H/c1-4-7-10-13-16-19-22-25-28-31-34-37-40-43-46-49-55(58)61-52-54(63-57(60)51-48-45-42-39-36-33-30-27-24-21-18-15-12-9-6-3)53-62-56(59)50-47-44-41-38-35-32-29-26-23-20-17-14-11-8-5-2;1-4-5-6-7-15-11(3,10(13)14)8-9(2)12;;;/h54H,4-53H2,1-3H3;9,12H,4-8H2,1-3H3,(H,13,14);;;/q;;+2;2*-1. The molecule has 2 atom stereocenters. The van der Waals surface area contributed by atoms with Crippen molar-refractivity contribution in [3.05, 3.63) is 0 Å². The summed E-state index contributed by atoms with van der Waals surface area (Å²) in [6.45, 7) is 12.3. The molecule has 0 aromatic rings. The molecule has 0 amide bonds. The summed E-state index contributed by atoms with van der Waals surface area (Å²) in [6, 6.07) is 0. The summed E-state index contributed by atoms with van der Waals surface area (Å²) in [5, 5.41) is 18.2. The Bertz CT molecular complexity index is 1240. The molecular formula is C68H134CaO10. The largest absolute Gasteiger partial charge is 2.00 e. The second kappa shape index (κ2) is 66.2. The molecule has 0 heterocycles. The summed E-state index contributed by atoms with van der Waals surface area (Å²) in [7, 11) is 0. The van der Waals surface area contributed by atoms with E-state index < -0.39 is 23.8 Å². The summed E-state index contributed by atoms with van der Waals surface area (Å²) in [4.78, 5) is 49.1. The Balaban J connectivity index is -0.000000926. The molecule has 0 aromatic heterocycles. The van der Waals surface area contributed by atoms with E-state index >= 15 is 0 Å². The number of aliphatic hydroxyl groups is 1. The van der Waals surface area contributed by atoms with E-state index in [0.29, 0.717) is 25.9 Å². The number of rotatable bonds is 61. The molecule has 0 saturated heterocycles. The van der Waals surface area contributed by atoms with E-state index in [-0.39, 0.29) is 78.1 Å². The van der Waals surface area contributed by atoms with Crippen LogP contribution in [0.5, 0.6) is 0 Å². The van der Waals surface area contributed by atoms with Gasteiger partial charge in [0.25, 0.3) is 0 Å². The van der Waals surface area contributed by atoms with Crippen LogP contribution in [0.15, 0.2) is 0 Å². The van der Waals surface area contributed by atoms with Crippen molar-refractivity contribution >= 4 is 61.6 Å². The molecule has 0 rings (SSSR count). The van der Waals surface area contributed by atoms with Gasteiger partial charge in [0.2, 0.25) is 0 Å². The maximum atomic E-state index is 12.8. The molecule has 0 bridgehead atoms. The third-order valence-corrected chi connectivity index (χ3v) is 15.4. The van der Waals surface area contributed by atoms with E-state index in [2.05, 4.69) is 27.7 Å². The number of esters is 3. The molecule has 0 saturated carbocycles. The number of hydrogen-bond donors (Lipinski definition) is 2. The Morgan fingerprint density at radius 3 is 0.848 bits per heavy atom. The topological polar surface area (TPSA) is 146 Å². The maximum absolute atomic E-state index is 12.8. The average molecular weight is 1150 g/mol. The van der Waals surface area contributed by atoms with E-state index in [1.807, 2.05) is 0 Å². The SMILES string of the molecule is CCCCCCCCCCCCCCCCCC(=O)OCC(COC(=O)CCCCCCCCCCCCCCCCC)OC(=O)CCCCCCCCCCCCCCCCC.CCCCCOC(C)(CC(C)O)C(=O)O.[Ca+2].[H-].[H-]. The number of aliphatic carboxylic acids is 1. The molecule has 11 heteroatoms. The van der Waals surface area contributed by atoms with Crippen LogP contribution >= 0.6 is 0 Å². The van der Waals surface area contributed by atoms with Gasteiger partial charge >= 0.3 is 61.6 Å². The maximum Gasteiger partial charge on any atom is 2.00 e. The first-order valence-electron chi connectivity index (χ1n) is 34.0. The van der Waals surface area contributed by atoms with Crippen molar-refractivity contribution in [2.24, 2.45) is 0 Å². The first kappa shape index (κ1) is 82.3. The van der Waals surface area contributed by atoms with Gasteiger partial charge < -0.3 is 32.0 Å². The van der Waals surface area contributed by atoms with Gasteiger partial charge in [-0.3, -0.25) is 14.4 Å². The molecule has 0 spiro atoms. The summed E-state index contributed by atoms with van der Waals surface area (Å²) in [5.41, 5.74) is -1.26. The van der Waals surface area contributed by atoms with Gasteiger partial charge in [-0.15, -0.1) is 0 Å². The van der Waals surface area contributed by atoms with Crippen molar-refractivity contribution in [3.8, 4) is 0 Å². The molecular weight excluding hydrogens is 1020 g/mol. The third kappa shape index (κ3) is 64.5. The van der Waals surface area contributed by atoms with Crippen molar-refractivity contribution in [1.82, 2.24) is 0 Å². The molecule has 0 aliphatic heterocycles. The van der Waals surface area contributed by atoms with E-state index in [9.17, 15) is 24.3 Å². The molecule has 0 radical (unpaired) electrons. The normalized spacial score (nSPS) is 12.4. The van der Waals surface area contributed by atoms with Crippen LogP contribution in [0.25, 0.3) is 0 Å². The zero-order chi connectivity index (χ0) is 57.7. The number of hydrogen-bond acceptors (Lipinski definition) is 9. The van der Waals surface area contributed by atoms with Crippen LogP contribution in [0.4, 0.5) is 0 Å². The Morgan fingerprint density at radius 1 is 0.380 bits per heavy atom. The van der Waals surface area contributed by atoms with Crippen LogP contribution in [0, 0.1) is 0 Å². The number of unbranched alkanes of at least 4 members (excludes halogenated alkanes) is 44. The predicted molar refractivity (Wildman–Crippen MR) is 336 cm³/mol. The average Bonchev–Trinajstić information content (AvgIpc) is 3.41. The van der Waals surface area contributed by atoms with E-state index in [0.717, 1.165) is 77.0 Å². The van der Waals surface area contributed by atoms with Gasteiger partial charge in [-0.05, 0) is 39.5 Å². The molecule has 0 fully saturated rings. The van der Waals surface area contributed by atoms with Gasteiger partial charge in [0.1, 0.15) is 13.2 Å². The Morgan fingerprint density at radius 2 is 0.608 bits per heavy atom. The van der Waals surface area contributed by atoms with Gasteiger partial charge in [-0.2, -0.15) is 0 Å². The molecule has 0 aliphatic carbocycles. The fraction of sp³-hybridized carbons (Fsp3) is 0.941. The molecule has 2 N–H and O–H groups in total. The summed E-state index contributed by atoms with van der Waals surface area (Å²) in [5.74, 6) is -1.85. The second-order valence-electron chi connectivity index (χ2n) is 23.7. The van der Waals surface area contributed by atoms with Crippen molar-refractivity contribution in [2.75, 3.05) is 19.8 Å². The minimum atomic E-state index is -1.26. The van der Waals surface area contributed by atoms with Crippen LogP contribution in [0.1, 0.15) is 378 Å². The second-order valence-corrected chi connectivity index (χ2v) is 23.7.